The predicted octanol–water partition coefficient (Wildman–Crippen LogP) is 1.76. The summed E-state index contributed by atoms with van der Waals surface area (Å²) in [5, 5.41) is 11.1. The first-order valence-corrected chi connectivity index (χ1v) is 7.81. The van der Waals surface area contributed by atoms with Crippen molar-refractivity contribution in [3.63, 3.8) is 0 Å². The largest absolute Gasteiger partial charge is 0.370 e. The standard InChI is InChI=1S/C16H22N6/c1-2-15-21-19-11-22(15)9-8-18-16(17)20-14-7-6-12-4-3-5-13(12)10-14/h6-7,10-11H,2-5,8-9H2,1H3,(H3,17,18,20). The third kappa shape index (κ3) is 3.27. The van der Waals surface area contributed by atoms with Gasteiger partial charge in [0, 0.05) is 18.7 Å². The zero-order valence-electron chi connectivity index (χ0n) is 12.9. The Bertz CT molecular complexity index is 673. The highest BCUT2D eigenvalue weighted by molar-refractivity contribution is 5.92. The minimum atomic E-state index is 0.448. The molecule has 6 heteroatoms. The Morgan fingerprint density at radius 3 is 3.09 bits per heavy atom. The number of nitrogens with two attached hydrogens (primary N) is 1. The van der Waals surface area contributed by atoms with Crippen molar-refractivity contribution in [3.05, 3.63) is 41.5 Å². The van der Waals surface area contributed by atoms with Crippen molar-refractivity contribution in [2.75, 3.05) is 11.9 Å². The van der Waals surface area contributed by atoms with Gasteiger partial charge in [0.25, 0.3) is 0 Å². The number of nitrogens with one attached hydrogen (secondary N) is 1. The van der Waals surface area contributed by atoms with E-state index in [2.05, 4.69) is 45.6 Å². The summed E-state index contributed by atoms with van der Waals surface area (Å²) in [4.78, 5) is 4.37. The highest BCUT2D eigenvalue weighted by atomic mass is 15.3. The number of nitrogens with zero attached hydrogens (tertiary/aromatic N) is 4. The fourth-order valence-electron chi connectivity index (χ4n) is 2.85. The van der Waals surface area contributed by atoms with Crippen LogP contribution in [0.5, 0.6) is 0 Å². The average molecular weight is 298 g/mol. The van der Waals surface area contributed by atoms with Crippen molar-refractivity contribution >= 4 is 11.6 Å². The van der Waals surface area contributed by atoms with Gasteiger partial charge in [0.05, 0.1) is 6.54 Å². The SMILES string of the molecule is CCc1nncn1CCN=C(N)Nc1ccc2c(c1)CCC2. The third-order valence-corrected chi connectivity index (χ3v) is 4.01. The minimum absolute atomic E-state index is 0.448. The van der Waals surface area contributed by atoms with E-state index in [1.54, 1.807) is 6.33 Å². The first kappa shape index (κ1) is 14.6. The zero-order chi connectivity index (χ0) is 15.4. The molecule has 1 aromatic carbocycles. The second kappa shape index (κ2) is 6.60. The van der Waals surface area contributed by atoms with Crippen LogP contribution in [0, 0.1) is 0 Å². The smallest absolute Gasteiger partial charge is 0.193 e. The highest BCUT2D eigenvalue weighted by Gasteiger charge is 2.10. The van der Waals surface area contributed by atoms with Crippen LogP contribution in [0.15, 0.2) is 29.5 Å². The van der Waals surface area contributed by atoms with Gasteiger partial charge < -0.3 is 15.6 Å². The molecule has 0 spiro atoms. The second-order valence-electron chi connectivity index (χ2n) is 5.52. The predicted molar refractivity (Wildman–Crippen MR) is 88.0 cm³/mol. The maximum atomic E-state index is 5.96. The third-order valence-electron chi connectivity index (χ3n) is 4.01. The number of hydrogen-bond donors (Lipinski definition) is 2. The highest BCUT2D eigenvalue weighted by Crippen LogP contribution is 2.24. The monoisotopic (exact) mass is 298 g/mol. The minimum Gasteiger partial charge on any atom is -0.370 e. The molecule has 0 unspecified atom stereocenters. The molecular weight excluding hydrogens is 276 g/mol. The molecule has 0 amide bonds. The molecule has 3 N–H and O–H groups in total. The molecule has 22 heavy (non-hydrogen) atoms. The summed E-state index contributed by atoms with van der Waals surface area (Å²) in [5.41, 5.74) is 9.86. The van der Waals surface area contributed by atoms with E-state index in [4.69, 9.17) is 5.73 Å². The van der Waals surface area contributed by atoms with E-state index in [0.717, 1.165) is 30.9 Å². The molecule has 0 aliphatic heterocycles. The van der Waals surface area contributed by atoms with Crippen molar-refractivity contribution in [2.45, 2.75) is 39.2 Å². The number of aryl methyl sites for hydroxylation is 3. The number of anilines is 1. The van der Waals surface area contributed by atoms with E-state index in [1.807, 2.05) is 4.57 Å². The summed E-state index contributed by atoms with van der Waals surface area (Å²) in [6, 6.07) is 6.43. The number of aromatic nitrogens is 3. The molecule has 116 valence electrons. The molecule has 1 aliphatic carbocycles. The Balaban J connectivity index is 1.56. The van der Waals surface area contributed by atoms with Gasteiger partial charge in [0.15, 0.2) is 5.96 Å². The lowest BCUT2D eigenvalue weighted by atomic mass is 10.1. The second-order valence-corrected chi connectivity index (χ2v) is 5.52. The molecule has 0 saturated carbocycles. The Morgan fingerprint density at radius 2 is 2.23 bits per heavy atom. The number of rotatable bonds is 5. The molecule has 0 bridgehead atoms. The van der Waals surface area contributed by atoms with Crippen LogP contribution in [0.4, 0.5) is 5.69 Å². The molecular formula is C16H22N6. The molecule has 3 rings (SSSR count). The van der Waals surface area contributed by atoms with Gasteiger partial charge in [-0.1, -0.05) is 13.0 Å². The maximum absolute atomic E-state index is 5.96. The van der Waals surface area contributed by atoms with Crippen LogP contribution >= 0.6 is 0 Å². The summed E-state index contributed by atoms with van der Waals surface area (Å²) in [6.07, 6.45) is 6.21. The van der Waals surface area contributed by atoms with Gasteiger partial charge in [-0.05, 0) is 42.5 Å². The molecule has 2 aromatic rings. The molecule has 1 heterocycles. The Morgan fingerprint density at radius 1 is 1.36 bits per heavy atom. The van der Waals surface area contributed by atoms with E-state index < -0.39 is 0 Å². The zero-order valence-corrected chi connectivity index (χ0v) is 12.9. The van der Waals surface area contributed by atoms with Gasteiger partial charge in [0.1, 0.15) is 12.2 Å². The van der Waals surface area contributed by atoms with Crippen LogP contribution in [0.1, 0.15) is 30.3 Å². The molecule has 0 radical (unpaired) electrons. The van der Waals surface area contributed by atoms with Crippen LogP contribution < -0.4 is 11.1 Å². The van der Waals surface area contributed by atoms with E-state index in [9.17, 15) is 0 Å². The lowest BCUT2D eigenvalue weighted by Crippen LogP contribution is -2.23. The molecule has 6 nitrogen and oxygen atoms in total. The normalized spacial score (nSPS) is 14.1. The topological polar surface area (TPSA) is 81.1 Å². The van der Waals surface area contributed by atoms with Crippen molar-refractivity contribution in [3.8, 4) is 0 Å². The number of benzene rings is 1. The molecule has 0 atom stereocenters. The first-order chi connectivity index (χ1) is 10.8. The number of fused-ring (bicyclic) bond motifs is 1. The van der Waals surface area contributed by atoms with E-state index in [1.165, 1.54) is 24.0 Å². The van der Waals surface area contributed by atoms with Gasteiger partial charge in [-0.2, -0.15) is 0 Å². The lowest BCUT2D eigenvalue weighted by Gasteiger charge is -2.08. The Labute approximate surface area is 130 Å². The van der Waals surface area contributed by atoms with Crippen molar-refractivity contribution in [1.82, 2.24) is 14.8 Å². The first-order valence-electron chi connectivity index (χ1n) is 7.81. The fraction of sp³-hybridized carbons (Fsp3) is 0.438. The van der Waals surface area contributed by atoms with Crippen LogP contribution in [0.25, 0.3) is 0 Å². The van der Waals surface area contributed by atoms with Crippen LogP contribution in [0.2, 0.25) is 0 Å². The van der Waals surface area contributed by atoms with Crippen LogP contribution in [0.3, 0.4) is 0 Å². The van der Waals surface area contributed by atoms with Gasteiger partial charge in [-0.3, -0.25) is 4.99 Å². The molecule has 0 saturated heterocycles. The molecule has 1 aliphatic rings. The van der Waals surface area contributed by atoms with E-state index >= 15 is 0 Å². The summed E-state index contributed by atoms with van der Waals surface area (Å²) in [7, 11) is 0. The quantitative estimate of drug-likeness (QED) is 0.651. The fourth-order valence-corrected chi connectivity index (χ4v) is 2.85. The Hall–Kier alpha value is -2.37. The summed E-state index contributed by atoms with van der Waals surface area (Å²) in [6.45, 7) is 3.41. The van der Waals surface area contributed by atoms with Crippen LogP contribution in [-0.2, 0) is 25.8 Å². The van der Waals surface area contributed by atoms with Crippen molar-refractivity contribution < 1.29 is 0 Å². The molecule has 0 fully saturated rings. The summed E-state index contributed by atoms with van der Waals surface area (Å²) >= 11 is 0. The number of guanidine groups is 1. The van der Waals surface area contributed by atoms with Crippen LogP contribution in [-0.4, -0.2) is 27.3 Å². The Kier molecular flexibility index (Phi) is 4.37. The summed E-state index contributed by atoms with van der Waals surface area (Å²) < 4.78 is 2.01. The summed E-state index contributed by atoms with van der Waals surface area (Å²) in [5.74, 6) is 1.42. The lowest BCUT2D eigenvalue weighted by molar-refractivity contribution is 0.666. The average Bonchev–Trinajstić information content (AvgIpc) is 3.15. The maximum Gasteiger partial charge on any atom is 0.193 e. The molecule has 1 aromatic heterocycles. The van der Waals surface area contributed by atoms with Crippen molar-refractivity contribution in [2.24, 2.45) is 10.7 Å². The van der Waals surface area contributed by atoms with Gasteiger partial charge >= 0.3 is 0 Å². The van der Waals surface area contributed by atoms with E-state index in [-0.39, 0.29) is 0 Å². The number of hydrogen-bond acceptors (Lipinski definition) is 3. The van der Waals surface area contributed by atoms with Gasteiger partial charge in [-0.15, -0.1) is 10.2 Å². The number of aliphatic imine (C=N–C) groups is 1. The van der Waals surface area contributed by atoms with Gasteiger partial charge in [0.2, 0.25) is 0 Å². The van der Waals surface area contributed by atoms with E-state index in [0.29, 0.717) is 12.5 Å². The van der Waals surface area contributed by atoms with Gasteiger partial charge in [-0.25, -0.2) is 0 Å². The van der Waals surface area contributed by atoms with Crippen molar-refractivity contribution in [1.29, 1.82) is 0 Å².